The van der Waals surface area contributed by atoms with Gasteiger partial charge in [-0.05, 0) is 234 Å². The number of aryl methyl sites for hydroxylation is 3. The number of hydrogen-bond acceptors (Lipinski definition) is 18. The van der Waals surface area contributed by atoms with Gasteiger partial charge < -0.3 is 30.6 Å². The molecule has 10 aromatic carbocycles. The summed E-state index contributed by atoms with van der Waals surface area (Å²) in [4.78, 5) is 99.1. The third kappa shape index (κ3) is 27.3. The van der Waals surface area contributed by atoms with E-state index in [0.29, 0.717) is 34.2 Å². The molecule has 0 aliphatic heterocycles. The van der Waals surface area contributed by atoms with Crippen molar-refractivity contribution in [3.8, 4) is 44.5 Å². The molecule has 4 unspecified atom stereocenters. The van der Waals surface area contributed by atoms with Gasteiger partial charge in [0.05, 0.1) is 38.7 Å². The number of pyridine rings is 6. The van der Waals surface area contributed by atoms with Crippen molar-refractivity contribution in [2.75, 3.05) is 0 Å². The Morgan fingerprint density at radius 2 is 0.657 bits per heavy atom. The molecule has 0 aliphatic rings. The Labute approximate surface area is 808 Å². The van der Waals surface area contributed by atoms with Gasteiger partial charge in [-0.25, -0.2) is 0 Å². The zero-order valence-electron chi connectivity index (χ0n) is 75.2. The van der Waals surface area contributed by atoms with Gasteiger partial charge in [0.25, 0.3) is 0 Å². The number of hydrogen-bond donors (Lipinski definition) is 6. The van der Waals surface area contributed by atoms with Crippen LogP contribution in [0, 0.1) is 26.7 Å². The van der Waals surface area contributed by atoms with Gasteiger partial charge in [0.2, 0.25) is 0 Å². The summed E-state index contributed by atoms with van der Waals surface area (Å²) in [5.74, 6) is -4.86. The Morgan fingerprint density at radius 1 is 0.336 bits per heavy atom. The highest BCUT2D eigenvalue weighted by atomic mass is 79.9. The van der Waals surface area contributed by atoms with E-state index in [2.05, 4.69) is 158 Å². The predicted molar refractivity (Wildman–Crippen MR) is 544 cm³/mol. The van der Waals surface area contributed by atoms with Crippen LogP contribution in [0.5, 0.6) is 0 Å². The van der Waals surface area contributed by atoms with Crippen LogP contribution in [-0.2, 0) is 34.9 Å². The molecule has 0 saturated carbocycles. The fourth-order valence-corrected chi connectivity index (χ4v) is 20.3. The summed E-state index contributed by atoms with van der Waals surface area (Å²) in [5.41, 5.74) is 15.2. The number of thioether (sulfide) groups is 6. The largest absolute Gasteiger partial charge is 0.480 e. The lowest BCUT2D eigenvalue weighted by molar-refractivity contribution is -0.139. The molecule has 0 saturated heterocycles. The summed E-state index contributed by atoms with van der Waals surface area (Å²) < 4.78 is 39.3. The summed E-state index contributed by atoms with van der Waals surface area (Å²) in [7, 11) is 0. The Bertz CT molecular complexity index is 6970. The number of para-hydroxylation sites is 1. The number of alkyl halides is 3. The first-order valence-corrected chi connectivity index (χ1v) is 48.5. The molecule has 16 aromatic rings. The lowest BCUT2D eigenvalue weighted by Gasteiger charge is -2.19. The molecule has 0 radical (unpaired) electrons. The molecule has 134 heavy (non-hydrogen) atoms. The number of carbonyl (C=O) groups is 6. The number of nitrogens with zero attached hydrogens (tertiary/aromatic N) is 6. The van der Waals surface area contributed by atoms with Gasteiger partial charge in [-0.1, -0.05) is 194 Å². The number of aliphatic carboxylic acids is 6. The number of rotatable bonds is 25. The van der Waals surface area contributed by atoms with E-state index in [1.165, 1.54) is 99.4 Å². The zero-order valence-corrected chi connectivity index (χ0v) is 81.7. The van der Waals surface area contributed by atoms with Gasteiger partial charge in [0.15, 0.2) is 0 Å². The number of aromatic nitrogens is 6. The monoisotopic (exact) mass is 1970 g/mol. The van der Waals surface area contributed by atoms with E-state index in [0.717, 1.165) is 123 Å². The molecule has 6 N–H and O–H groups in total. The van der Waals surface area contributed by atoms with Crippen LogP contribution in [0.2, 0.25) is 0 Å². The molecule has 28 heteroatoms. The average Bonchev–Trinajstić information content (AvgIpc) is 0.779. The molecule has 6 aromatic heterocycles. The molecule has 0 amide bonds. The lowest BCUT2D eigenvalue weighted by atomic mass is 9.98. The summed E-state index contributed by atoms with van der Waals surface area (Å²) >= 11 is 11.4. The smallest absolute Gasteiger partial charge is 0.417 e. The molecular formula is C106H98BrF3N6O12S6. The van der Waals surface area contributed by atoms with Crippen LogP contribution in [0.3, 0.4) is 0 Å². The maximum absolute atomic E-state index is 13.4. The van der Waals surface area contributed by atoms with Gasteiger partial charge >= 0.3 is 42.0 Å². The molecule has 4 atom stereocenters. The first kappa shape index (κ1) is 102. The second-order valence-corrected chi connectivity index (χ2v) is 41.7. The highest BCUT2D eigenvalue weighted by Gasteiger charge is 2.35. The number of benzene rings is 10. The maximum Gasteiger partial charge on any atom is 0.417 e. The van der Waals surface area contributed by atoms with Crippen molar-refractivity contribution >= 4 is 188 Å². The lowest BCUT2D eigenvalue weighted by Crippen LogP contribution is -2.26. The maximum atomic E-state index is 13.4. The molecule has 688 valence electrons. The van der Waals surface area contributed by atoms with Crippen LogP contribution < -0.4 is 0 Å². The van der Waals surface area contributed by atoms with Gasteiger partial charge in [-0.3, -0.25) is 58.7 Å². The van der Waals surface area contributed by atoms with E-state index in [1.807, 2.05) is 130 Å². The topological polar surface area (TPSA) is 301 Å². The first-order valence-electron chi connectivity index (χ1n) is 42.5. The number of carboxylic acid groups (broad SMARTS) is 6. The van der Waals surface area contributed by atoms with E-state index in [-0.39, 0.29) is 11.5 Å². The van der Waals surface area contributed by atoms with Crippen molar-refractivity contribution in [3.63, 3.8) is 0 Å². The molecular weight excluding hydrogens is 1880 g/mol. The fourth-order valence-electron chi connectivity index (χ4n) is 13.8. The molecule has 0 spiro atoms. The van der Waals surface area contributed by atoms with Crippen molar-refractivity contribution in [2.24, 2.45) is 5.92 Å². The van der Waals surface area contributed by atoms with Crippen molar-refractivity contribution < 1.29 is 72.6 Å². The highest BCUT2D eigenvalue weighted by Crippen LogP contribution is 2.44. The minimum Gasteiger partial charge on any atom is -0.480 e. The van der Waals surface area contributed by atoms with Gasteiger partial charge in [0, 0.05) is 103 Å². The van der Waals surface area contributed by atoms with Crippen LogP contribution >= 0.6 is 86.5 Å². The minimum atomic E-state index is -4.46. The molecule has 6 heterocycles. The molecule has 0 bridgehead atoms. The van der Waals surface area contributed by atoms with Gasteiger partial charge in [0.1, 0.15) is 30.5 Å². The van der Waals surface area contributed by atoms with Crippen LogP contribution in [0.15, 0.2) is 320 Å². The summed E-state index contributed by atoms with van der Waals surface area (Å²) in [6, 6.07) is 78.4. The van der Waals surface area contributed by atoms with Crippen molar-refractivity contribution in [1.29, 1.82) is 0 Å². The predicted octanol–water partition coefficient (Wildman–Crippen LogP) is 28.4. The van der Waals surface area contributed by atoms with Crippen LogP contribution in [-0.4, -0.2) is 127 Å². The van der Waals surface area contributed by atoms with Gasteiger partial charge in [-0.2, -0.15) is 13.2 Å². The van der Waals surface area contributed by atoms with Crippen molar-refractivity contribution in [3.05, 3.63) is 313 Å². The minimum absolute atomic E-state index is 0.0675. The second kappa shape index (κ2) is 46.7. The average molecular weight is 1980 g/mol. The van der Waals surface area contributed by atoms with E-state index >= 15 is 0 Å². The van der Waals surface area contributed by atoms with E-state index in [4.69, 9.17) is 10.2 Å². The highest BCUT2D eigenvalue weighted by molar-refractivity contribution is 9.10. The van der Waals surface area contributed by atoms with E-state index in [1.54, 1.807) is 109 Å². The van der Waals surface area contributed by atoms with Gasteiger partial charge in [-0.15, -0.1) is 70.6 Å². The van der Waals surface area contributed by atoms with Crippen LogP contribution in [0.4, 0.5) is 13.2 Å². The first-order chi connectivity index (χ1) is 63.8. The Kier molecular flexibility index (Phi) is 35.7. The normalized spacial score (nSPS) is 12.3. The summed E-state index contributed by atoms with van der Waals surface area (Å²) in [5, 5.41) is 59.2. The van der Waals surface area contributed by atoms with Crippen LogP contribution in [0.25, 0.3) is 110 Å². The molecule has 0 aliphatic carbocycles. The second-order valence-electron chi connectivity index (χ2n) is 32.4. The van der Waals surface area contributed by atoms with E-state index in [9.17, 15) is 62.4 Å². The third-order valence-corrected chi connectivity index (χ3v) is 29.7. The van der Waals surface area contributed by atoms with Crippen LogP contribution in [0.1, 0.15) is 97.4 Å². The Hall–Kier alpha value is -12.2. The summed E-state index contributed by atoms with van der Waals surface area (Å²) in [6.07, 6.45) is 6.76. The zero-order chi connectivity index (χ0) is 96.9. The Balaban J connectivity index is 0.000000156. The summed E-state index contributed by atoms with van der Waals surface area (Å²) in [6.45, 7) is 22.3. The fraction of sp³-hybridized carbons (Fsp3) is 0.208. The number of carboxylic acids is 6. The molecule has 0 fully saturated rings. The molecule has 18 nitrogen and oxygen atoms in total. The number of halogens is 4. The Morgan fingerprint density at radius 3 is 1.02 bits per heavy atom. The molecule has 16 rings (SSSR count). The third-order valence-electron chi connectivity index (χ3n) is 21.0. The SMILES string of the molecule is CC(C)(Sc1ccnc2ccccc12)C(=O)O.CC(C)C(Sc1ccnc2ccc(Br)cc12)C(=O)O.CCC(Sc1ccnc2ccc(-c3cccc(C)c3)cc12)C(=O)O.CCC(Sc1ccnc2ccc(-c3ccccc3C(F)(F)F)cc12)C(=O)O.Cc1cccc(-c2ccc3nccc(SC(C)(C)C(=O)O)c3c2)c1.Cc1cccc(-c2ccc3nccc(SC(C)C(=O)O)c3c2)c1. The number of fused-ring (bicyclic) bond motifs is 6. The van der Waals surface area contributed by atoms with Crippen molar-refractivity contribution in [1.82, 2.24) is 29.9 Å². The standard InChI is InChI=1S/C20H16F3NO2S.2C20H19NO2S.C19H17NO2S.C14H14BrNO2S.C13H13NO2S/c1-2-17(19(25)26)27-18-9-10-24-16-8-7-12(11-14(16)18)13-5-3-4-6-15(13)20(21,22)23;1-13-5-4-6-14(11-13)15-7-8-17-16(12-15)18(9-10-21-17)24-20(2,3)19(22)23;1-3-18(20(22)23)24-19-9-10-21-17-8-7-15(12-16(17)19)14-6-4-5-13(2)11-14;1-12-4-3-5-14(10-12)15-6-7-17-16(11-15)18(8-9-20-17)23-13(2)19(21)22;1-8(2)13(14(17)18)19-12-5-6-16-11-4-3-9(15)7-10(11)12;1-13(2,12(15)16)17-11-7-8-14-10-6-4-3-5-9(10)11/h3-11,17H,2H2,1H3,(H,25,26);4-12H,1-3H3,(H,22,23);4-12,18H,3H2,1-2H3,(H,22,23);3-11,13H,1-2H3,(H,21,22);3-8,13H,1-2H3,(H,17,18);3-8H,1-2H3,(H,15,16). The quantitative estimate of drug-likeness (QED) is 0.0290. The van der Waals surface area contributed by atoms with Crippen molar-refractivity contribution in [2.45, 2.75) is 162 Å². The van der Waals surface area contributed by atoms with E-state index < -0.39 is 78.0 Å².